The van der Waals surface area contributed by atoms with Crippen molar-refractivity contribution in [1.29, 1.82) is 5.26 Å². The molecule has 0 radical (unpaired) electrons. The fourth-order valence-corrected chi connectivity index (χ4v) is 1.88. The summed E-state index contributed by atoms with van der Waals surface area (Å²) in [5.41, 5.74) is 3.88. The summed E-state index contributed by atoms with van der Waals surface area (Å²) in [6.45, 7) is -0.141. The fraction of sp³-hybridized carbons (Fsp3) is 0.133. The molecule has 0 saturated heterocycles. The van der Waals surface area contributed by atoms with Gasteiger partial charge in [-0.25, -0.2) is 0 Å². The van der Waals surface area contributed by atoms with Gasteiger partial charge in [0.15, 0.2) is 0 Å². The summed E-state index contributed by atoms with van der Waals surface area (Å²) in [5.74, 6) is 0. The predicted molar refractivity (Wildman–Crippen MR) is 68.4 cm³/mol. The first-order valence-corrected chi connectivity index (χ1v) is 5.62. The van der Waals surface area contributed by atoms with Crippen molar-refractivity contribution in [2.75, 3.05) is 0 Å². The molecule has 0 aliphatic carbocycles. The SMILES string of the molecule is N#Cc1cccc(-c2cc(CO)cc(CO)c2)c1. The maximum Gasteiger partial charge on any atom is 0.0991 e. The van der Waals surface area contributed by atoms with Crippen LogP contribution in [0.2, 0.25) is 0 Å². The lowest BCUT2D eigenvalue weighted by atomic mass is 9.99. The zero-order valence-corrected chi connectivity index (χ0v) is 9.80. The van der Waals surface area contributed by atoms with Crippen molar-refractivity contribution in [1.82, 2.24) is 0 Å². The van der Waals surface area contributed by atoms with Gasteiger partial charge in [-0.2, -0.15) is 5.26 Å². The number of aliphatic hydroxyl groups is 2. The van der Waals surface area contributed by atoms with Gasteiger partial charge in [0, 0.05) is 0 Å². The maximum absolute atomic E-state index is 9.20. The van der Waals surface area contributed by atoms with Gasteiger partial charge in [0.2, 0.25) is 0 Å². The number of hydrogen-bond donors (Lipinski definition) is 2. The molecule has 0 amide bonds. The van der Waals surface area contributed by atoms with E-state index in [4.69, 9.17) is 5.26 Å². The zero-order chi connectivity index (χ0) is 13.0. The molecule has 2 N–H and O–H groups in total. The molecule has 0 unspecified atom stereocenters. The van der Waals surface area contributed by atoms with Crippen LogP contribution in [0.25, 0.3) is 11.1 Å². The molecule has 0 aromatic heterocycles. The Morgan fingerprint density at radius 1 is 0.889 bits per heavy atom. The molecule has 0 bridgehead atoms. The van der Waals surface area contributed by atoms with E-state index in [9.17, 15) is 10.2 Å². The van der Waals surface area contributed by atoms with E-state index in [2.05, 4.69) is 6.07 Å². The molecule has 0 spiro atoms. The quantitative estimate of drug-likeness (QED) is 0.863. The molecule has 0 atom stereocenters. The molecule has 0 fully saturated rings. The maximum atomic E-state index is 9.20. The molecule has 0 aliphatic heterocycles. The van der Waals surface area contributed by atoms with Crippen molar-refractivity contribution < 1.29 is 10.2 Å². The molecular formula is C15H13NO2. The van der Waals surface area contributed by atoms with Gasteiger partial charge in [-0.1, -0.05) is 18.2 Å². The summed E-state index contributed by atoms with van der Waals surface area (Å²) in [6.07, 6.45) is 0. The lowest BCUT2D eigenvalue weighted by molar-refractivity contribution is 0.275. The second kappa shape index (κ2) is 5.46. The average Bonchev–Trinajstić information content (AvgIpc) is 2.46. The van der Waals surface area contributed by atoms with Crippen LogP contribution >= 0.6 is 0 Å². The van der Waals surface area contributed by atoms with Crippen molar-refractivity contribution in [3.05, 3.63) is 59.2 Å². The van der Waals surface area contributed by atoms with Crippen molar-refractivity contribution in [2.45, 2.75) is 13.2 Å². The Bertz CT molecular complexity index is 577. The third-order valence-electron chi connectivity index (χ3n) is 2.74. The van der Waals surface area contributed by atoms with Crippen molar-refractivity contribution in [3.63, 3.8) is 0 Å². The number of rotatable bonds is 3. The Kier molecular flexibility index (Phi) is 3.73. The topological polar surface area (TPSA) is 64.2 Å². The zero-order valence-electron chi connectivity index (χ0n) is 9.80. The number of nitriles is 1. The van der Waals surface area contributed by atoms with E-state index in [-0.39, 0.29) is 13.2 Å². The minimum Gasteiger partial charge on any atom is -0.392 e. The molecule has 18 heavy (non-hydrogen) atoms. The highest BCUT2D eigenvalue weighted by Crippen LogP contribution is 2.23. The van der Waals surface area contributed by atoms with Crippen molar-refractivity contribution in [2.24, 2.45) is 0 Å². The molecule has 90 valence electrons. The van der Waals surface area contributed by atoms with Crippen LogP contribution in [0.5, 0.6) is 0 Å². The highest BCUT2D eigenvalue weighted by molar-refractivity contribution is 5.66. The summed E-state index contributed by atoms with van der Waals surface area (Å²) in [6, 6.07) is 14.8. The number of benzene rings is 2. The molecule has 2 aromatic rings. The van der Waals surface area contributed by atoms with Gasteiger partial charge in [0.1, 0.15) is 0 Å². The third-order valence-corrected chi connectivity index (χ3v) is 2.74. The lowest BCUT2D eigenvalue weighted by Gasteiger charge is -2.07. The Morgan fingerprint density at radius 2 is 1.56 bits per heavy atom. The minimum absolute atomic E-state index is 0.0707. The summed E-state index contributed by atoms with van der Waals surface area (Å²) in [4.78, 5) is 0. The van der Waals surface area contributed by atoms with E-state index in [1.165, 1.54) is 0 Å². The van der Waals surface area contributed by atoms with Gasteiger partial charge in [-0.15, -0.1) is 0 Å². The first-order valence-electron chi connectivity index (χ1n) is 5.62. The van der Waals surface area contributed by atoms with E-state index in [1.807, 2.05) is 24.3 Å². The van der Waals surface area contributed by atoms with E-state index in [0.717, 1.165) is 22.3 Å². The van der Waals surface area contributed by atoms with E-state index >= 15 is 0 Å². The van der Waals surface area contributed by atoms with Crippen LogP contribution in [-0.4, -0.2) is 10.2 Å². The number of nitrogens with zero attached hydrogens (tertiary/aromatic N) is 1. The molecule has 2 rings (SSSR count). The van der Waals surface area contributed by atoms with Gasteiger partial charge in [0.05, 0.1) is 24.8 Å². The lowest BCUT2D eigenvalue weighted by Crippen LogP contribution is -1.91. The van der Waals surface area contributed by atoms with Crippen LogP contribution in [0.15, 0.2) is 42.5 Å². The predicted octanol–water partition coefficient (Wildman–Crippen LogP) is 2.21. The number of aliphatic hydroxyl groups excluding tert-OH is 2. The Hall–Kier alpha value is -2.15. The normalized spacial score (nSPS) is 10.1. The standard InChI is InChI=1S/C15H13NO2/c16-8-11-2-1-3-14(5-11)15-6-12(9-17)4-13(7-15)10-18/h1-7,17-18H,9-10H2. The van der Waals surface area contributed by atoms with Gasteiger partial charge in [-0.3, -0.25) is 0 Å². The van der Waals surface area contributed by atoms with Crippen LogP contribution in [0.1, 0.15) is 16.7 Å². The van der Waals surface area contributed by atoms with Gasteiger partial charge < -0.3 is 10.2 Å². The average molecular weight is 239 g/mol. The van der Waals surface area contributed by atoms with Crippen LogP contribution in [0.3, 0.4) is 0 Å². The van der Waals surface area contributed by atoms with Gasteiger partial charge >= 0.3 is 0 Å². The monoisotopic (exact) mass is 239 g/mol. The van der Waals surface area contributed by atoms with Crippen molar-refractivity contribution in [3.8, 4) is 17.2 Å². The minimum atomic E-state index is -0.0707. The van der Waals surface area contributed by atoms with E-state index < -0.39 is 0 Å². The third kappa shape index (κ3) is 2.57. The Labute approximate surface area is 106 Å². The smallest absolute Gasteiger partial charge is 0.0991 e. The summed E-state index contributed by atoms with van der Waals surface area (Å²) < 4.78 is 0. The summed E-state index contributed by atoms with van der Waals surface area (Å²) in [7, 11) is 0. The Morgan fingerprint density at radius 3 is 2.11 bits per heavy atom. The number of hydrogen-bond acceptors (Lipinski definition) is 3. The van der Waals surface area contributed by atoms with Crippen LogP contribution < -0.4 is 0 Å². The molecule has 2 aromatic carbocycles. The van der Waals surface area contributed by atoms with Gasteiger partial charge in [0.25, 0.3) is 0 Å². The van der Waals surface area contributed by atoms with E-state index in [0.29, 0.717) is 5.56 Å². The van der Waals surface area contributed by atoms with Gasteiger partial charge in [-0.05, 0) is 46.5 Å². The van der Waals surface area contributed by atoms with Crippen LogP contribution in [0, 0.1) is 11.3 Å². The largest absolute Gasteiger partial charge is 0.392 e. The highest BCUT2D eigenvalue weighted by Gasteiger charge is 2.03. The van der Waals surface area contributed by atoms with Crippen LogP contribution in [0.4, 0.5) is 0 Å². The fourth-order valence-electron chi connectivity index (χ4n) is 1.88. The van der Waals surface area contributed by atoms with Crippen LogP contribution in [-0.2, 0) is 13.2 Å². The summed E-state index contributed by atoms with van der Waals surface area (Å²) in [5, 5.41) is 27.3. The first kappa shape index (κ1) is 12.3. The Balaban J connectivity index is 2.52. The van der Waals surface area contributed by atoms with E-state index in [1.54, 1.807) is 18.2 Å². The molecule has 3 heteroatoms. The molecular weight excluding hydrogens is 226 g/mol. The first-order chi connectivity index (χ1) is 8.76. The second-order valence-corrected chi connectivity index (χ2v) is 4.05. The second-order valence-electron chi connectivity index (χ2n) is 4.05. The molecule has 0 heterocycles. The molecule has 0 aliphatic rings. The highest BCUT2D eigenvalue weighted by atomic mass is 16.3. The molecule has 0 saturated carbocycles. The van der Waals surface area contributed by atoms with Crippen molar-refractivity contribution >= 4 is 0 Å². The molecule has 3 nitrogen and oxygen atoms in total. The summed E-state index contributed by atoms with van der Waals surface area (Å²) >= 11 is 0.